The normalized spacial score (nSPS) is 16.4. The van der Waals surface area contributed by atoms with Crippen LogP contribution in [0.4, 0.5) is 5.69 Å². The highest BCUT2D eigenvalue weighted by Gasteiger charge is 2.25. The van der Waals surface area contributed by atoms with E-state index in [-0.39, 0.29) is 24.0 Å². The molecule has 0 aliphatic carbocycles. The Morgan fingerprint density at radius 3 is 2.86 bits per heavy atom. The number of guanidine groups is 1. The molecule has 29 heavy (non-hydrogen) atoms. The minimum atomic E-state index is 0. The van der Waals surface area contributed by atoms with E-state index in [1.807, 2.05) is 38.5 Å². The second-order valence-electron chi connectivity index (χ2n) is 7.12. The standard InChI is InChI=1S/C21H32N6O.HI/c1-17-23-12-15-26(17)13-7-6-11-24-21(22-2)25-18-10-14-27(16-18)19-8-4-5-9-20(19)28-3;/h4-5,8-9,12,15,18H,6-7,10-11,13-14,16H2,1-3H3,(H2,22,24,25);1H. The number of aromatic nitrogens is 2. The highest BCUT2D eigenvalue weighted by atomic mass is 127. The molecule has 1 aliphatic heterocycles. The molecule has 2 heterocycles. The van der Waals surface area contributed by atoms with Gasteiger partial charge in [-0.3, -0.25) is 4.99 Å². The van der Waals surface area contributed by atoms with Crippen molar-refractivity contribution in [1.29, 1.82) is 0 Å². The van der Waals surface area contributed by atoms with Crippen molar-refractivity contribution in [3.8, 4) is 5.75 Å². The average molecular weight is 512 g/mol. The highest BCUT2D eigenvalue weighted by molar-refractivity contribution is 14.0. The van der Waals surface area contributed by atoms with Gasteiger partial charge in [0.05, 0.1) is 12.8 Å². The van der Waals surface area contributed by atoms with E-state index in [0.29, 0.717) is 6.04 Å². The maximum atomic E-state index is 5.50. The van der Waals surface area contributed by atoms with E-state index in [4.69, 9.17) is 4.74 Å². The van der Waals surface area contributed by atoms with E-state index in [0.717, 1.165) is 68.7 Å². The minimum Gasteiger partial charge on any atom is -0.495 e. The number of aryl methyl sites for hydroxylation is 2. The summed E-state index contributed by atoms with van der Waals surface area (Å²) in [6, 6.07) is 8.58. The van der Waals surface area contributed by atoms with E-state index < -0.39 is 0 Å². The molecule has 1 aromatic heterocycles. The molecule has 0 amide bonds. The van der Waals surface area contributed by atoms with Crippen molar-refractivity contribution in [2.24, 2.45) is 4.99 Å². The summed E-state index contributed by atoms with van der Waals surface area (Å²) in [5.41, 5.74) is 1.16. The molecule has 1 unspecified atom stereocenters. The lowest BCUT2D eigenvalue weighted by Gasteiger charge is -2.22. The minimum absolute atomic E-state index is 0. The zero-order chi connectivity index (χ0) is 19.8. The topological polar surface area (TPSA) is 66.7 Å². The summed E-state index contributed by atoms with van der Waals surface area (Å²) in [4.78, 5) is 11.0. The molecular weight excluding hydrogens is 479 g/mol. The summed E-state index contributed by atoms with van der Waals surface area (Å²) in [6.45, 7) is 5.92. The molecule has 1 aromatic carbocycles. The third-order valence-electron chi connectivity index (χ3n) is 5.22. The van der Waals surface area contributed by atoms with Gasteiger partial charge in [0.15, 0.2) is 5.96 Å². The number of rotatable bonds is 8. The number of benzene rings is 1. The van der Waals surface area contributed by atoms with Crippen LogP contribution < -0.4 is 20.3 Å². The van der Waals surface area contributed by atoms with Gasteiger partial charge >= 0.3 is 0 Å². The van der Waals surface area contributed by atoms with Crippen LogP contribution in [0.2, 0.25) is 0 Å². The first-order valence-corrected chi connectivity index (χ1v) is 10.0. The van der Waals surface area contributed by atoms with E-state index in [1.54, 1.807) is 7.11 Å². The van der Waals surface area contributed by atoms with Crippen molar-refractivity contribution in [2.45, 2.75) is 38.8 Å². The first kappa shape index (κ1) is 23.3. The van der Waals surface area contributed by atoms with Gasteiger partial charge in [-0.25, -0.2) is 4.98 Å². The highest BCUT2D eigenvalue weighted by Crippen LogP contribution is 2.30. The largest absolute Gasteiger partial charge is 0.495 e. The van der Waals surface area contributed by atoms with Crippen molar-refractivity contribution in [1.82, 2.24) is 20.2 Å². The molecular formula is C21H33IN6O. The van der Waals surface area contributed by atoms with Gasteiger partial charge in [0.2, 0.25) is 0 Å². The number of methoxy groups -OCH3 is 1. The number of ether oxygens (including phenoxy) is 1. The number of unbranched alkanes of at least 4 members (excludes halogenated alkanes) is 1. The summed E-state index contributed by atoms with van der Waals surface area (Å²) in [5.74, 6) is 2.88. The summed E-state index contributed by atoms with van der Waals surface area (Å²) < 4.78 is 7.69. The van der Waals surface area contributed by atoms with Crippen molar-refractivity contribution < 1.29 is 4.74 Å². The SMILES string of the molecule is CN=C(NCCCCn1ccnc1C)NC1CCN(c2ccccc2OC)C1.I. The molecule has 1 atom stereocenters. The predicted octanol–water partition coefficient (Wildman–Crippen LogP) is 3.04. The molecule has 8 heteroatoms. The number of nitrogens with one attached hydrogen (secondary N) is 2. The monoisotopic (exact) mass is 512 g/mol. The van der Waals surface area contributed by atoms with Gasteiger partial charge in [0, 0.05) is 51.7 Å². The van der Waals surface area contributed by atoms with Crippen LogP contribution in [0, 0.1) is 6.92 Å². The van der Waals surface area contributed by atoms with Gasteiger partial charge in [-0.15, -0.1) is 24.0 Å². The molecule has 2 N–H and O–H groups in total. The molecule has 1 fully saturated rings. The quantitative estimate of drug-likeness (QED) is 0.247. The Bertz CT molecular complexity index is 778. The maximum absolute atomic E-state index is 5.50. The van der Waals surface area contributed by atoms with E-state index in [9.17, 15) is 0 Å². The van der Waals surface area contributed by atoms with Crippen LogP contribution in [0.1, 0.15) is 25.1 Å². The first-order chi connectivity index (χ1) is 13.7. The van der Waals surface area contributed by atoms with Gasteiger partial charge in [-0.05, 0) is 38.3 Å². The third kappa shape index (κ3) is 6.52. The van der Waals surface area contributed by atoms with Gasteiger partial charge in [0.1, 0.15) is 11.6 Å². The Morgan fingerprint density at radius 1 is 1.31 bits per heavy atom. The van der Waals surface area contributed by atoms with Gasteiger partial charge < -0.3 is 24.8 Å². The summed E-state index contributed by atoms with van der Waals surface area (Å²) in [5, 5.41) is 7.00. The third-order valence-corrected chi connectivity index (χ3v) is 5.22. The number of hydrogen-bond donors (Lipinski definition) is 2. The fraction of sp³-hybridized carbons (Fsp3) is 0.524. The Kier molecular flexibility index (Phi) is 9.56. The molecule has 1 saturated heterocycles. The Morgan fingerprint density at radius 2 is 2.14 bits per heavy atom. The fourth-order valence-electron chi connectivity index (χ4n) is 3.63. The molecule has 0 bridgehead atoms. The van der Waals surface area contributed by atoms with Crippen LogP contribution >= 0.6 is 24.0 Å². The van der Waals surface area contributed by atoms with Crippen LogP contribution in [0.3, 0.4) is 0 Å². The lowest BCUT2D eigenvalue weighted by Crippen LogP contribution is -2.44. The average Bonchev–Trinajstić information content (AvgIpc) is 3.35. The van der Waals surface area contributed by atoms with Crippen molar-refractivity contribution in [3.05, 3.63) is 42.5 Å². The smallest absolute Gasteiger partial charge is 0.191 e. The number of hydrogen-bond acceptors (Lipinski definition) is 4. The van der Waals surface area contributed by atoms with Crippen LogP contribution in [0.25, 0.3) is 0 Å². The van der Waals surface area contributed by atoms with Crippen LogP contribution in [-0.2, 0) is 6.54 Å². The number of halogens is 1. The first-order valence-electron chi connectivity index (χ1n) is 10.0. The van der Waals surface area contributed by atoms with Gasteiger partial charge in [0.25, 0.3) is 0 Å². The zero-order valence-electron chi connectivity index (χ0n) is 17.6. The molecule has 0 spiro atoms. The lowest BCUT2D eigenvalue weighted by molar-refractivity contribution is 0.415. The second-order valence-corrected chi connectivity index (χ2v) is 7.12. The number of aliphatic imine (C=N–C) groups is 1. The summed E-state index contributed by atoms with van der Waals surface area (Å²) >= 11 is 0. The summed E-state index contributed by atoms with van der Waals surface area (Å²) in [6.07, 6.45) is 7.19. The van der Waals surface area contributed by atoms with Crippen molar-refractivity contribution in [2.75, 3.05) is 38.7 Å². The maximum Gasteiger partial charge on any atom is 0.191 e. The predicted molar refractivity (Wildman–Crippen MR) is 130 cm³/mol. The Labute approximate surface area is 191 Å². The van der Waals surface area contributed by atoms with Crippen LogP contribution in [0.5, 0.6) is 5.75 Å². The van der Waals surface area contributed by atoms with E-state index in [1.165, 1.54) is 0 Å². The van der Waals surface area contributed by atoms with Crippen LogP contribution in [-0.4, -0.2) is 55.3 Å². The number of anilines is 1. The van der Waals surface area contributed by atoms with Crippen LogP contribution in [0.15, 0.2) is 41.7 Å². The van der Waals surface area contributed by atoms with E-state index >= 15 is 0 Å². The van der Waals surface area contributed by atoms with Gasteiger partial charge in [-0.1, -0.05) is 12.1 Å². The van der Waals surface area contributed by atoms with Gasteiger partial charge in [-0.2, -0.15) is 0 Å². The number of para-hydroxylation sites is 2. The molecule has 3 rings (SSSR count). The van der Waals surface area contributed by atoms with Crippen molar-refractivity contribution in [3.63, 3.8) is 0 Å². The Balaban J connectivity index is 0.00000300. The molecule has 7 nitrogen and oxygen atoms in total. The second kappa shape index (κ2) is 11.9. The van der Waals surface area contributed by atoms with Crippen molar-refractivity contribution >= 4 is 35.6 Å². The van der Waals surface area contributed by atoms with E-state index in [2.05, 4.69) is 42.2 Å². The molecule has 1 aliphatic rings. The Hall–Kier alpha value is -1.97. The zero-order valence-corrected chi connectivity index (χ0v) is 19.9. The molecule has 0 radical (unpaired) electrons. The molecule has 0 saturated carbocycles. The fourth-order valence-corrected chi connectivity index (χ4v) is 3.63. The molecule has 2 aromatic rings. The number of imidazole rings is 1. The lowest BCUT2D eigenvalue weighted by atomic mass is 10.2. The summed E-state index contributed by atoms with van der Waals surface area (Å²) in [7, 11) is 3.56. The number of nitrogens with zero attached hydrogens (tertiary/aromatic N) is 4. The molecule has 160 valence electrons.